The van der Waals surface area contributed by atoms with E-state index in [1.54, 1.807) is 6.20 Å². The number of pyridine rings is 1. The molecule has 0 bridgehead atoms. The van der Waals surface area contributed by atoms with Gasteiger partial charge in [0.1, 0.15) is 0 Å². The Morgan fingerprint density at radius 1 is 1.17 bits per heavy atom. The highest BCUT2D eigenvalue weighted by Gasteiger charge is 2.09. The van der Waals surface area contributed by atoms with Crippen molar-refractivity contribution in [1.29, 1.82) is 0 Å². The summed E-state index contributed by atoms with van der Waals surface area (Å²) in [4.78, 5) is 4.45. The summed E-state index contributed by atoms with van der Waals surface area (Å²) in [7, 11) is 1.93. The van der Waals surface area contributed by atoms with Crippen LogP contribution in [-0.4, -0.2) is 21.8 Å². The fraction of sp³-hybridized carbons (Fsp3) is 0.143. The van der Waals surface area contributed by atoms with E-state index in [4.69, 9.17) is 0 Å². The van der Waals surface area contributed by atoms with Crippen LogP contribution in [0.15, 0.2) is 48.8 Å². The molecule has 90 valence electrons. The molecule has 4 heteroatoms. The number of rotatable bonds is 3. The van der Waals surface area contributed by atoms with Crippen molar-refractivity contribution in [2.75, 3.05) is 7.05 Å². The molecular weight excluding hydrogens is 224 g/mol. The number of aromatic nitrogens is 3. The smallest absolute Gasteiger partial charge is 0.158 e. The lowest BCUT2D eigenvalue weighted by Crippen LogP contribution is -2.11. The lowest BCUT2D eigenvalue weighted by molar-refractivity contribution is 0.780. The topological polar surface area (TPSA) is 42.7 Å². The van der Waals surface area contributed by atoms with Crippen LogP contribution >= 0.6 is 0 Å². The fourth-order valence-corrected chi connectivity index (χ4v) is 2.09. The highest BCUT2D eigenvalue weighted by atomic mass is 15.3. The molecule has 0 unspecified atom stereocenters. The number of hydrogen-bond donors (Lipinski definition) is 1. The molecule has 0 saturated heterocycles. The number of hydrogen-bond acceptors (Lipinski definition) is 3. The molecular formula is C14H14N4. The van der Waals surface area contributed by atoms with Gasteiger partial charge in [0.05, 0.1) is 11.7 Å². The van der Waals surface area contributed by atoms with Crippen molar-refractivity contribution in [2.24, 2.45) is 0 Å². The van der Waals surface area contributed by atoms with Gasteiger partial charge < -0.3 is 5.32 Å². The van der Waals surface area contributed by atoms with Gasteiger partial charge in [-0.15, -0.1) is 0 Å². The third-order valence-electron chi connectivity index (χ3n) is 2.91. The maximum atomic E-state index is 4.45. The van der Waals surface area contributed by atoms with Crippen molar-refractivity contribution in [1.82, 2.24) is 20.1 Å². The first-order chi connectivity index (χ1) is 8.90. The summed E-state index contributed by atoms with van der Waals surface area (Å²) in [6.45, 7) is 0.775. The molecule has 2 aromatic heterocycles. The van der Waals surface area contributed by atoms with E-state index in [0.717, 1.165) is 28.8 Å². The number of fused-ring (bicyclic) bond motifs is 1. The molecule has 1 aromatic carbocycles. The molecule has 18 heavy (non-hydrogen) atoms. The molecule has 2 heterocycles. The molecule has 1 N–H and O–H groups in total. The van der Waals surface area contributed by atoms with Gasteiger partial charge >= 0.3 is 0 Å². The van der Waals surface area contributed by atoms with Gasteiger partial charge in [-0.05, 0) is 19.2 Å². The van der Waals surface area contributed by atoms with Crippen LogP contribution in [-0.2, 0) is 6.54 Å². The minimum Gasteiger partial charge on any atom is -0.316 e. The summed E-state index contributed by atoms with van der Waals surface area (Å²) in [5.41, 5.74) is 2.21. The van der Waals surface area contributed by atoms with Crippen LogP contribution in [0.2, 0.25) is 0 Å². The lowest BCUT2D eigenvalue weighted by atomic mass is 10.2. The quantitative estimate of drug-likeness (QED) is 0.760. The fourth-order valence-electron chi connectivity index (χ4n) is 2.09. The second-order valence-corrected chi connectivity index (χ2v) is 4.13. The van der Waals surface area contributed by atoms with Crippen molar-refractivity contribution in [3.8, 4) is 5.82 Å². The zero-order chi connectivity index (χ0) is 12.4. The van der Waals surface area contributed by atoms with Gasteiger partial charge in [-0.2, -0.15) is 5.10 Å². The minimum absolute atomic E-state index is 0.775. The molecule has 0 aliphatic carbocycles. The van der Waals surface area contributed by atoms with E-state index in [1.165, 1.54) is 0 Å². The largest absolute Gasteiger partial charge is 0.316 e. The monoisotopic (exact) mass is 238 g/mol. The van der Waals surface area contributed by atoms with Gasteiger partial charge in [0.15, 0.2) is 5.82 Å². The van der Waals surface area contributed by atoms with Crippen LogP contribution < -0.4 is 5.32 Å². The first-order valence-corrected chi connectivity index (χ1v) is 5.92. The van der Waals surface area contributed by atoms with Crippen LogP contribution in [0.1, 0.15) is 5.56 Å². The molecule has 0 saturated carbocycles. The normalized spacial score (nSPS) is 10.9. The van der Waals surface area contributed by atoms with Crippen LogP contribution in [0.4, 0.5) is 0 Å². The SMILES string of the molecule is CNCc1cccnc1-n1ncc2ccccc21. The first-order valence-electron chi connectivity index (χ1n) is 5.92. The summed E-state index contributed by atoms with van der Waals surface area (Å²) >= 11 is 0. The first kappa shape index (κ1) is 10.9. The predicted octanol–water partition coefficient (Wildman–Crippen LogP) is 2.14. The lowest BCUT2D eigenvalue weighted by Gasteiger charge is -2.08. The van der Waals surface area contributed by atoms with Gasteiger partial charge in [0, 0.05) is 23.7 Å². The maximum Gasteiger partial charge on any atom is 0.158 e. The van der Waals surface area contributed by atoms with E-state index in [2.05, 4.69) is 33.6 Å². The second kappa shape index (κ2) is 4.58. The average molecular weight is 238 g/mol. The number of para-hydroxylation sites is 1. The molecule has 0 radical (unpaired) electrons. The van der Waals surface area contributed by atoms with E-state index in [9.17, 15) is 0 Å². The third kappa shape index (κ3) is 1.76. The highest BCUT2D eigenvalue weighted by Crippen LogP contribution is 2.18. The van der Waals surface area contributed by atoms with Gasteiger partial charge in [0.2, 0.25) is 0 Å². The van der Waals surface area contributed by atoms with E-state index >= 15 is 0 Å². The van der Waals surface area contributed by atoms with Crippen LogP contribution in [0.3, 0.4) is 0 Å². The van der Waals surface area contributed by atoms with E-state index in [0.29, 0.717) is 0 Å². The molecule has 3 aromatic rings. The Labute approximate surface area is 105 Å². The second-order valence-electron chi connectivity index (χ2n) is 4.13. The average Bonchev–Trinajstić information content (AvgIpc) is 2.84. The third-order valence-corrected chi connectivity index (χ3v) is 2.91. The molecule has 0 aliphatic rings. The minimum atomic E-state index is 0.775. The summed E-state index contributed by atoms with van der Waals surface area (Å²) in [5, 5.41) is 8.71. The zero-order valence-corrected chi connectivity index (χ0v) is 10.2. The summed E-state index contributed by atoms with van der Waals surface area (Å²) < 4.78 is 1.89. The summed E-state index contributed by atoms with van der Waals surface area (Å²) in [5.74, 6) is 0.882. The molecule has 3 rings (SSSR count). The Morgan fingerprint density at radius 2 is 2.06 bits per heavy atom. The molecule has 4 nitrogen and oxygen atoms in total. The zero-order valence-electron chi connectivity index (χ0n) is 10.2. The molecule has 0 spiro atoms. The van der Waals surface area contributed by atoms with E-state index in [1.807, 2.05) is 36.1 Å². The molecule has 0 amide bonds. The van der Waals surface area contributed by atoms with Gasteiger partial charge in [0.25, 0.3) is 0 Å². The number of nitrogens with zero attached hydrogens (tertiary/aromatic N) is 3. The van der Waals surface area contributed by atoms with Crippen molar-refractivity contribution in [3.63, 3.8) is 0 Å². The molecule has 0 atom stereocenters. The Morgan fingerprint density at radius 3 is 2.94 bits per heavy atom. The van der Waals surface area contributed by atoms with Crippen molar-refractivity contribution < 1.29 is 0 Å². The molecule has 0 fully saturated rings. The van der Waals surface area contributed by atoms with Crippen LogP contribution in [0.25, 0.3) is 16.7 Å². The van der Waals surface area contributed by atoms with Gasteiger partial charge in [-0.3, -0.25) is 0 Å². The van der Waals surface area contributed by atoms with Crippen molar-refractivity contribution in [2.45, 2.75) is 6.54 Å². The van der Waals surface area contributed by atoms with Crippen molar-refractivity contribution in [3.05, 3.63) is 54.4 Å². The maximum absolute atomic E-state index is 4.45. The van der Waals surface area contributed by atoms with Gasteiger partial charge in [-0.1, -0.05) is 24.3 Å². The predicted molar refractivity (Wildman–Crippen MR) is 71.6 cm³/mol. The van der Waals surface area contributed by atoms with E-state index in [-0.39, 0.29) is 0 Å². The number of benzene rings is 1. The van der Waals surface area contributed by atoms with E-state index < -0.39 is 0 Å². The Hall–Kier alpha value is -2.20. The number of nitrogens with one attached hydrogen (secondary N) is 1. The Balaban J connectivity index is 2.20. The molecule has 0 aliphatic heterocycles. The van der Waals surface area contributed by atoms with Crippen molar-refractivity contribution >= 4 is 10.9 Å². The van der Waals surface area contributed by atoms with Gasteiger partial charge in [-0.25, -0.2) is 9.67 Å². The highest BCUT2D eigenvalue weighted by molar-refractivity contribution is 5.79. The Kier molecular flexibility index (Phi) is 2.78. The summed E-state index contributed by atoms with van der Waals surface area (Å²) in [6.07, 6.45) is 3.66. The Bertz CT molecular complexity index is 672. The van der Waals surface area contributed by atoms with Crippen LogP contribution in [0, 0.1) is 0 Å². The standard InChI is InChI=1S/C14H14N4/c1-15-9-12-6-4-8-16-14(12)18-13-7-3-2-5-11(13)10-17-18/h2-8,10,15H,9H2,1H3. The summed E-state index contributed by atoms with van der Waals surface area (Å²) in [6, 6.07) is 12.2. The van der Waals surface area contributed by atoms with Crippen LogP contribution in [0.5, 0.6) is 0 Å².